The van der Waals surface area contributed by atoms with Gasteiger partial charge in [0.2, 0.25) is 5.91 Å². The number of benzene rings is 1. The van der Waals surface area contributed by atoms with Gasteiger partial charge in [-0.15, -0.1) is 11.3 Å². The summed E-state index contributed by atoms with van der Waals surface area (Å²) in [6.45, 7) is 6.61. The highest BCUT2D eigenvalue weighted by atomic mass is 32.1. The molecule has 1 N–H and O–H groups in total. The molecule has 1 aromatic carbocycles. The van der Waals surface area contributed by atoms with E-state index in [1.807, 2.05) is 16.8 Å². The summed E-state index contributed by atoms with van der Waals surface area (Å²) in [4.78, 5) is 21.0. The van der Waals surface area contributed by atoms with Crippen molar-refractivity contribution < 1.29 is 4.79 Å². The number of thiazole rings is 1. The van der Waals surface area contributed by atoms with Crippen molar-refractivity contribution in [2.45, 2.75) is 13.5 Å². The Morgan fingerprint density at radius 1 is 1.29 bits per heavy atom. The van der Waals surface area contributed by atoms with Crippen molar-refractivity contribution in [1.29, 1.82) is 0 Å². The molecule has 0 aliphatic carbocycles. The van der Waals surface area contributed by atoms with Crippen LogP contribution in [-0.4, -0.2) is 60.5 Å². The number of carbonyl (C=O) groups excluding carboxylic acids is 1. The van der Waals surface area contributed by atoms with Crippen molar-refractivity contribution in [2.24, 2.45) is 0 Å². The van der Waals surface area contributed by atoms with E-state index in [2.05, 4.69) is 41.9 Å². The van der Waals surface area contributed by atoms with Gasteiger partial charge in [0.15, 0.2) is 0 Å². The lowest BCUT2D eigenvalue weighted by molar-refractivity contribution is -0.132. The van der Waals surface area contributed by atoms with Crippen LogP contribution in [0.2, 0.25) is 0 Å². The first-order valence-electron chi connectivity index (χ1n) is 8.30. The zero-order valence-corrected chi connectivity index (χ0v) is 15.1. The van der Waals surface area contributed by atoms with Crippen molar-refractivity contribution in [3.05, 3.63) is 40.9 Å². The van der Waals surface area contributed by atoms with Gasteiger partial charge >= 0.3 is 0 Å². The van der Waals surface area contributed by atoms with Crippen molar-refractivity contribution >= 4 is 17.2 Å². The summed E-state index contributed by atoms with van der Waals surface area (Å²) in [6.07, 6.45) is 0. The molecular weight excluding hydrogens is 320 g/mol. The number of aromatic nitrogens is 1. The van der Waals surface area contributed by atoms with Crippen LogP contribution in [-0.2, 0) is 11.3 Å². The van der Waals surface area contributed by atoms with E-state index in [0.717, 1.165) is 42.4 Å². The third-order valence-corrected chi connectivity index (χ3v) is 5.10. The fraction of sp³-hybridized carbons (Fsp3) is 0.444. The number of piperazine rings is 1. The molecule has 6 heteroatoms. The van der Waals surface area contributed by atoms with Crippen LogP contribution >= 0.6 is 11.3 Å². The Morgan fingerprint density at radius 3 is 2.71 bits per heavy atom. The Morgan fingerprint density at radius 2 is 2.00 bits per heavy atom. The van der Waals surface area contributed by atoms with E-state index < -0.39 is 0 Å². The molecule has 2 aromatic rings. The molecule has 1 fully saturated rings. The van der Waals surface area contributed by atoms with Gasteiger partial charge in [-0.05, 0) is 14.0 Å². The van der Waals surface area contributed by atoms with Crippen molar-refractivity contribution in [3.8, 4) is 10.6 Å². The van der Waals surface area contributed by atoms with Crippen molar-refractivity contribution in [3.63, 3.8) is 0 Å². The normalized spacial score (nSPS) is 15.0. The van der Waals surface area contributed by atoms with Gasteiger partial charge in [0.25, 0.3) is 0 Å². The summed E-state index contributed by atoms with van der Waals surface area (Å²) < 4.78 is 0. The monoisotopic (exact) mass is 344 g/mol. The van der Waals surface area contributed by atoms with E-state index >= 15 is 0 Å². The van der Waals surface area contributed by atoms with Gasteiger partial charge in [0.1, 0.15) is 5.01 Å². The van der Waals surface area contributed by atoms with Crippen LogP contribution in [0.4, 0.5) is 0 Å². The molecule has 0 saturated carbocycles. The van der Waals surface area contributed by atoms with Gasteiger partial charge in [-0.1, -0.05) is 29.8 Å². The number of nitrogens with one attached hydrogen (secondary N) is 1. The van der Waals surface area contributed by atoms with Crippen LogP contribution in [0.25, 0.3) is 10.6 Å². The maximum absolute atomic E-state index is 12.3. The zero-order chi connectivity index (χ0) is 16.9. The first kappa shape index (κ1) is 17.1. The Labute approximate surface area is 147 Å². The zero-order valence-electron chi connectivity index (χ0n) is 14.3. The second kappa shape index (κ2) is 7.88. The summed E-state index contributed by atoms with van der Waals surface area (Å²) in [5.41, 5.74) is 3.42. The summed E-state index contributed by atoms with van der Waals surface area (Å²) in [6, 6.07) is 8.43. The lowest BCUT2D eigenvalue weighted by atomic mass is 10.2. The molecule has 0 bridgehead atoms. The smallest absolute Gasteiger partial charge is 0.236 e. The molecule has 1 saturated heterocycles. The molecule has 1 aromatic heterocycles. The molecule has 1 amide bonds. The van der Waals surface area contributed by atoms with Gasteiger partial charge in [-0.3, -0.25) is 9.69 Å². The Bertz CT molecular complexity index is 677. The minimum Gasteiger partial charge on any atom is -0.339 e. The van der Waals surface area contributed by atoms with Crippen LogP contribution in [0.3, 0.4) is 0 Å². The van der Waals surface area contributed by atoms with E-state index in [1.54, 1.807) is 11.3 Å². The second-order valence-electron chi connectivity index (χ2n) is 6.31. The lowest BCUT2D eigenvalue weighted by Gasteiger charge is -2.29. The minimum absolute atomic E-state index is 0.202. The summed E-state index contributed by atoms with van der Waals surface area (Å²) in [5.74, 6) is 0.202. The van der Waals surface area contributed by atoms with E-state index in [4.69, 9.17) is 4.98 Å². The fourth-order valence-electron chi connectivity index (χ4n) is 2.79. The molecule has 5 nitrogen and oxygen atoms in total. The van der Waals surface area contributed by atoms with Gasteiger partial charge in [-0.2, -0.15) is 0 Å². The molecule has 0 spiro atoms. The van der Waals surface area contributed by atoms with Crippen LogP contribution < -0.4 is 5.32 Å². The molecule has 2 heterocycles. The topological polar surface area (TPSA) is 48.5 Å². The standard InChI is InChI=1S/C18H24N4OS/c1-14-3-5-15(6-4-14)18-20-16(13-24-18)11-21(2)12-17(23)22-9-7-19-8-10-22/h3-6,13,19H,7-12H2,1-2H3. The minimum atomic E-state index is 0.202. The maximum Gasteiger partial charge on any atom is 0.236 e. The summed E-state index contributed by atoms with van der Waals surface area (Å²) >= 11 is 1.66. The van der Waals surface area contributed by atoms with Crippen LogP contribution in [0.5, 0.6) is 0 Å². The first-order chi connectivity index (χ1) is 11.6. The number of aryl methyl sites for hydroxylation is 1. The number of carbonyl (C=O) groups is 1. The van der Waals surface area contributed by atoms with Gasteiger partial charge < -0.3 is 10.2 Å². The Balaban J connectivity index is 1.55. The maximum atomic E-state index is 12.3. The largest absolute Gasteiger partial charge is 0.339 e. The quantitative estimate of drug-likeness (QED) is 0.901. The summed E-state index contributed by atoms with van der Waals surface area (Å²) in [7, 11) is 1.98. The lowest BCUT2D eigenvalue weighted by Crippen LogP contribution is -2.49. The number of rotatable bonds is 5. The number of nitrogens with zero attached hydrogens (tertiary/aromatic N) is 3. The van der Waals surface area contributed by atoms with Crippen molar-refractivity contribution in [1.82, 2.24) is 20.1 Å². The highest BCUT2D eigenvalue weighted by molar-refractivity contribution is 7.13. The van der Waals surface area contributed by atoms with Crippen LogP contribution in [0.1, 0.15) is 11.3 Å². The van der Waals surface area contributed by atoms with Crippen molar-refractivity contribution in [2.75, 3.05) is 39.8 Å². The fourth-order valence-corrected chi connectivity index (χ4v) is 3.60. The third-order valence-electron chi connectivity index (χ3n) is 4.16. The third kappa shape index (κ3) is 4.41. The SMILES string of the molecule is Cc1ccc(-c2nc(CN(C)CC(=O)N3CCNCC3)cs2)cc1. The number of hydrogen-bond acceptors (Lipinski definition) is 5. The second-order valence-corrected chi connectivity index (χ2v) is 7.17. The van der Waals surface area contributed by atoms with Gasteiger partial charge in [-0.25, -0.2) is 4.98 Å². The number of hydrogen-bond donors (Lipinski definition) is 1. The molecule has 24 heavy (non-hydrogen) atoms. The molecule has 0 radical (unpaired) electrons. The van der Waals surface area contributed by atoms with Crippen LogP contribution in [0, 0.1) is 6.92 Å². The number of amides is 1. The molecule has 1 aliphatic rings. The van der Waals surface area contributed by atoms with E-state index in [0.29, 0.717) is 13.1 Å². The Kier molecular flexibility index (Phi) is 5.60. The van der Waals surface area contributed by atoms with Gasteiger partial charge in [0, 0.05) is 43.7 Å². The first-order valence-corrected chi connectivity index (χ1v) is 9.18. The van der Waals surface area contributed by atoms with E-state index in [-0.39, 0.29) is 5.91 Å². The summed E-state index contributed by atoms with van der Waals surface area (Å²) in [5, 5.41) is 6.39. The molecule has 0 atom stereocenters. The predicted molar refractivity (Wildman–Crippen MR) is 98.1 cm³/mol. The molecule has 0 unspecified atom stereocenters. The van der Waals surface area contributed by atoms with E-state index in [9.17, 15) is 4.79 Å². The Hall–Kier alpha value is -1.76. The van der Waals surface area contributed by atoms with Gasteiger partial charge in [0.05, 0.1) is 12.2 Å². The highest BCUT2D eigenvalue weighted by Crippen LogP contribution is 2.24. The average Bonchev–Trinajstić information content (AvgIpc) is 3.04. The number of likely N-dealkylation sites (N-methyl/N-ethyl adjacent to an activating group) is 1. The molecule has 3 rings (SSSR count). The predicted octanol–water partition coefficient (Wildman–Crippen LogP) is 1.98. The average molecular weight is 344 g/mol. The van der Waals surface area contributed by atoms with E-state index in [1.165, 1.54) is 5.56 Å². The molecule has 1 aliphatic heterocycles. The van der Waals surface area contributed by atoms with Crippen LogP contribution in [0.15, 0.2) is 29.6 Å². The highest BCUT2D eigenvalue weighted by Gasteiger charge is 2.18. The molecule has 128 valence electrons. The molecular formula is C18H24N4OS.